The normalized spacial score (nSPS) is 12.5. The van der Waals surface area contributed by atoms with E-state index in [1.165, 1.54) is 5.56 Å². The predicted octanol–water partition coefficient (Wildman–Crippen LogP) is 3.52. The third kappa shape index (κ3) is 5.56. The van der Waals surface area contributed by atoms with E-state index >= 15 is 0 Å². The van der Waals surface area contributed by atoms with Gasteiger partial charge >= 0.3 is 0 Å². The average molecular weight is 356 g/mol. The first-order valence-corrected chi connectivity index (χ1v) is 8.84. The van der Waals surface area contributed by atoms with E-state index in [-0.39, 0.29) is 17.7 Å². The maximum atomic E-state index is 12.1. The van der Waals surface area contributed by atoms with Crippen molar-refractivity contribution in [2.24, 2.45) is 0 Å². The van der Waals surface area contributed by atoms with Crippen LogP contribution in [-0.4, -0.2) is 23.1 Å². The third-order valence-corrected chi connectivity index (χ3v) is 4.33. The number of nitrogens with zero attached hydrogens (tertiary/aromatic N) is 1. The van der Waals surface area contributed by atoms with E-state index in [9.17, 15) is 9.90 Å². The molecule has 2 aromatic rings. The lowest BCUT2D eigenvalue weighted by Crippen LogP contribution is -2.23. The summed E-state index contributed by atoms with van der Waals surface area (Å²) in [5.74, 6) is 0.396. The summed E-state index contributed by atoms with van der Waals surface area (Å²) in [6.45, 7) is 6.81. The van der Waals surface area contributed by atoms with Crippen LogP contribution in [0.5, 0.6) is 5.88 Å². The van der Waals surface area contributed by atoms with E-state index in [0.717, 1.165) is 11.1 Å². The first-order chi connectivity index (χ1) is 12.3. The number of ether oxygens (including phenoxy) is 1. The molecule has 5 nitrogen and oxygen atoms in total. The Hall–Kier alpha value is -2.40. The largest absolute Gasteiger partial charge is 0.481 e. The molecule has 0 spiro atoms. The van der Waals surface area contributed by atoms with Gasteiger partial charge in [-0.25, -0.2) is 4.98 Å². The van der Waals surface area contributed by atoms with Crippen molar-refractivity contribution >= 4 is 5.91 Å². The van der Waals surface area contributed by atoms with Gasteiger partial charge in [0, 0.05) is 24.7 Å². The van der Waals surface area contributed by atoms with Crippen LogP contribution in [0.15, 0.2) is 42.6 Å². The fraction of sp³-hybridized carbons (Fsp3) is 0.429. The molecule has 0 aliphatic carbocycles. The van der Waals surface area contributed by atoms with E-state index in [2.05, 4.69) is 31.1 Å². The maximum Gasteiger partial charge on any atom is 0.220 e. The number of carbonyl (C=O) groups excluding carboxylic acids is 1. The number of hydrogen-bond acceptors (Lipinski definition) is 4. The van der Waals surface area contributed by atoms with Gasteiger partial charge in [-0.05, 0) is 29.0 Å². The highest BCUT2D eigenvalue weighted by atomic mass is 16.5. The van der Waals surface area contributed by atoms with Crippen molar-refractivity contribution in [1.29, 1.82) is 0 Å². The second-order valence-electron chi connectivity index (χ2n) is 7.38. The minimum Gasteiger partial charge on any atom is -0.481 e. The maximum absolute atomic E-state index is 12.1. The van der Waals surface area contributed by atoms with E-state index in [1.54, 1.807) is 19.4 Å². The van der Waals surface area contributed by atoms with Crippen molar-refractivity contribution in [2.45, 2.75) is 51.7 Å². The van der Waals surface area contributed by atoms with Gasteiger partial charge in [-0.3, -0.25) is 4.79 Å². The number of methoxy groups -OCH3 is 1. The number of aromatic nitrogens is 1. The van der Waals surface area contributed by atoms with Crippen molar-refractivity contribution in [3.63, 3.8) is 0 Å². The number of carbonyl (C=O) groups is 1. The van der Waals surface area contributed by atoms with Gasteiger partial charge in [-0.2, -0.15) is 0 Å². The molecule has 1 amide bonds. The zero-order valence-electron chi connectivity index (χ0n) is 16.0. The smallest absolute Gasteiger partial charge is 0.220 e. The number of benzene rings is 1. The lowest BCUT2D eigenvalue weighted by Gasteiger charge is -2.20. The summed E-state index contributed by atoms with van der Waals surface area (Å²) < 4.78 is 5.16. The van der Waals surface area contributed by atoms with Gasteiger partial charge in [-0.15, -0.1) is 0 Å². The van der Waals surface area contributed by atoms with E-state index in [1.807, 2.05) is 30.3 Å². The fourth-order valence-corrected chi connectivity index (χ4v) is 2.66. The molecular weight excluding hydrogens is 328 g/mol. The van der Waals surface area contributed by atoms with Gasteiger partial charge in [-0.1, -0.05) is 51.1 Å². The monoisotopic (exact) mass is 356 g/mol. The topological polar surface area (TPSA) is 71.5 Å². The van der Waals surface area contributed by atoms with E-state index in [4.69, 9.17) is 4.74 Å². The SMILES string of the molecule is COc1ncccc1CNC(=O)CCC(O)c1ccc(C(C)(C)C)cc1. The zero-order valence-corrected chi connectivity index (χ0v) is 16.0. The molecular formula is C21H28N2O3. The standard InChI is InChI=1S/C21H28N2O3/c1-21(2,3)17-9-7-15(8-10-17)18(24)11-12-19(25)23-14-16-6-5-13-22-20(16)26-4/h5-10,13,18,24H,11-12,14H2,1-4H3,(H,23,25). The van der Waals surface area contributed by atoms with Gasteiger partial charge in [0.2, 0.25) is 11.8 Å². The average Bonchev–Trinajstić information content (AvgIpc) is 2.64. The molecule has 26 heavy (non-hydrogen) atoms. The molecule has 0 bridgehead atoms. The molecule has 1 atom stereocenters. The van der Waals surface area contributed by atoms with Crippen LogP contribution < -0.4 is 10.1 Å². The Bertz CT molecular complexity index is 721. The molecule has 1 aromatic carbocycles. The highest BCUT2D eigenvalue weighted by Crippen LogP contribution is 2.25. The number of pyridine rings is 1. The number of rotatable bonds is 7. The number of aliphatic hydroxyl groups is 1. The van der Waals surface area contributed by atoms with Crippen LogP contribution in [0.2, 0.25) is 0 Å². The first-order valence-electron chi connectivity index (χ1n) is 8.84. The second kappa shape index (κ2) is 8.81. The molecule has 0 fully saturated rings. The molecule has 2 N–H and O–H groups in total. The van der Waals surface area contributed by atoms with Crippen molar-refractivity contribution in [3.05, 3.63) is 59.3 Å². The molecule has 0 radical (unpaired) electrons. The zero-order chi connectivity index (χ0) is 19.2. The second-order valence-corrected chi connectivity index (χ2v) is 7.38. The molecule has 0 aliphatic rings. The van der Waals surface area contributed by atoms with Crippen LogP contribution in [-0.2, 0) is 16.8 Å². The molecule has 1 unspecified atom stereocenters. The Kier molecular flexibility index (Phi) is 6.75. The molecule has 140 valence electrons. The lowest BCUT2D eigenvalue weighted by atomic mass is 9.86. The number of amides is 1. The Balaban J connectivity index is 1.83. The number of hydrogen-bond donors (Lipinski definition) is 2. The van der Waals surface area contributed by atoms with Gasteiger partial charge < -0.3 is 15.2 Å². The van der Waals surface area contributed by atoms with Crippen molar-refractivity contribution in [2.75, 3.05) is 7.11 Å². The molecule has 5 heteroatoms. The first kappa shape index (κ1) is 19.9. The highest BCUT2D eigenvalue weighted by molar-refractivity contribution is 5.75. The Morgan fingerprint density at radius 2 is 1.92 bits per heavy atom. The summed E-state index contributed by atoms with van der Waals surface area (Å²) in [5, 5.41) is 13.2. The van der Waals surface area contributed by atoms with E-state index < -0.39 is 6.10 Å². The van der Waals surface area contributed by atoms with Crippen LogP contribution in [0.1, 0.15) is 56.4 Å². The van der Waals surface area contributed by atoms with Gasteiger partial charge in [0.05, 0.1) is 13.2 Å². The Morgan fingerprint density at radius 1 is 1.23 bits per heavy atom. The molecule has 0 saturated carbocycles. The predicted molar refractivity (Wildman–Crippen MR) is 102 cm³/mol. The highest BCUT2D eigenvalue weighted by Gasteiger charge is 2.15. The summed E-state index contributed by atoms with van der Waals surface area (Å²) in [5.41, 5.74) is 2.95. The molecule has 2 rings (SSSR count). The minimum absolute atomic E-state index is 0.0801. The molecule has 1 aromatic heterocycles. The molecule has 0 aliphatic heterocycles. The van der Waals surface area contributed by atoms with Crippen molar-refractivity contribution in [1.82, 2.24) is 10.3 Å². The minimum atomic E-state index is -0.650. The Labute approximate surface area is 155 Å². The summed E-state index contributed by atoms with van der Waals surface area (Å²) in [7, 11) is 1.55. The Morgan fingerprint density at radius 3 is 2.54 bits per heavy atom. The summed E-state index contributed by atoms with van der Waals surface area (Å²) in [6, 6.07) is 11.6. The summed E-state index contributed by atoms with van der Waals surface area (Å²) >= 11 is 0. The quantitative estimate of drug-likeness (QED) is 0.796. The fourth-order valence-electron chi connectivity index (χ4n) is 2.66. The van der Waals surface area contributed by atoms with Crippen molar-refractivity contribution < 1.29 is 14.6 Å². The number of aliphatic hydroxyl groups excluding tert-OH is 1. The lowest BCUT2D eigenvalue weighted by molar-refractivity contribution is -0.121. The van der Waals surface area contributed by atoms with Crippen LogP contribution in [0.25, 0.3) is 0 Å². The number of nitrogens with one attached hydrogen (secondary N) is 1. The summed E-state index contributed by atoms with van der Waals surface area (Å²) in [6.07, 6.45) is 1.63. The van der Waals surface area contributed by atoms with Crippen molar-refractivity contribution in [3.8, 4) is 5.88 Å². The van der Waals surface area contributed by atoms with Gasteiger partial charge in [0.15, 0.2) is 0 Å². The van der Waals surface area contributed by atoms with Crippen LogP contribution >= 0.6 is 0 Å². The van der Waals surface area contributed by atoms with Crippen LogP contribution in [0, 0.1) is 0 Å². The van der Waals surface area contributed by atoms with Crippen LogP contribution in [0.3, 0.4) is 0 Å². The van der Waals surface area contributed by atoms with E-state index in [0.29, 0.717) is 18.8 Å². The van der Waals surface area contributed by atoms with Crippen LogP contribution in [0.4, 0.5) is 0 Å². The van der Waals surface area contributed by atoms with Gasteiger partial charge in [0.1, 0.15) is 0 Å². The molecule has 0 saturated heterocycles. The summed E-state index contributed by atoms with van der Waals surface area (Å²) in [4.78, 5) is 16.2. The third-order valence-electron chi connectivity index (χ3n) is 4.33. The van der Waals surface area contributed by atoms with Gasteiger partial charge in [0.25, 0.3) is 0 Å². The molecule has 1 heterocycles.